The van der Waals surface area contributed by atoms with E-state index < -0.39 is 16.0 Å². The zero-order valence-corrected chi connectivity index (χ0v) is 8.96. The minimum Gasteiger partial charge on any atom is -0.477 e. The molecule has 0 aromatic carbocycles. The van der Waals surface area contributed by atoms with Crippen LogP contribution in [0.4, 0.5) is 0 Å². The molecular formula is C6H6BrNO4S. The van der Waals surface area contributed by atoms with Crippen molar-refractivity contribution in [1.29, 1.82) is 0 Å². The van der Waals surface area contributed by atoms with Crippen LogP contribution in [0.5, 0.6) is 0 Å². The first-order valence-electron chi connectivity index (χ1n) is 3.14. The highest BCUT2D eigenvalue weighted by atomic mass is 79.9. The number of halogens is 1. The monoisotopic (exact) mass is 267 g/mol. The van der Waals surface area contributed by atoms with Gasteiger partial charge in [0.25, 0.3) is 0 Å². The predicted octanol–water partition coefficient (Wildman–Crippen LogP) is 0.756. The molecule has 0 saturated carbocycles. The Hall–Kier alpha value is -0.820. The van der Waals surface area contributed by atoms with Crippen molar-refractivity contribution in [3.63, 3.8) is 0 Å². The highest BCUT2D eigenvalue weighted by Crippen LogP contribution is 2.16. The van der Waals surface area contributed by atoms with Gasteiger partial charge in [0.2, 0.25) is 10.0 Å². The minimum atomic E-state index is -3.55. The van der Waals surface area contributed by atoms with E-state index in [4.69, 9.17) is 5.11 Å². The third-order valence-electron chi connectivity index (χ3n) is 1.33. The van der Waals surface area contributed by atoms with E-state index in [9.17, 15) is 13.2 Å². The number of nitrogens with zero attached hydrogens (tertiary/aromatic N) is 1. The Kier molecular flexibility index (Phi) is 2.49. The van der Waals surface area contributed by atoms with Gasteiger partial charge >= 0.3 is 5.97 Å². The van der Waals surface area contributed by atoms with Crippen LogP contribution in [0.1, 0.15) is 10.5 Å². The van der Waals surface area contributed by atoms with Gasteiger partial charge in [0, 0.05) is 10.7 Å². The molecule has 5 nitrogen and oxygen atoms in total. The van der Waals surface area contributed by atoms with Crippen LogP contribution in [0, 0.1) is 0 Å². The van der Waals surface area contributed by atoms with Crippen LogP contribution in [0.25, 0.3) is 0 Å². The molecule has 1 rings (SSSR count). The van der Waals surface area contributed by atoms with Crippen LogP contribution in [0.15, 0.2) is 16.7 Å². The fourth-order valence-electron chi connectivity index (χ4n) is 0.843. The fourth-order valence-corrected chi connectivity index (χ4v) is 2.19. The van der Waals surface area contributed by atoms with Gasteiger partial charge in [-0.25, -0.2) is 17.2 Å². The second-order valence-corrected chi connectivity index (χ2v) is 5.18. The molecule has 0 saturated heterocycles. The maximum Gasteiger partial charge on any atom is 0.353 e. The minimum absolute atomic E-state index is 0.283. The zero-order valence-electron chi connectivity index (χ0n) is 6.56. The second-order valence-electron chi connectivity index (χ2n) is 2.41. The topological polar surface area (TPSA) is 76.4 Å². The van der Waals surface area contributed by atoms with E-state index in [1.54, 1.807) is 0 Å². The zero-order chi connectivity index (χ0) is 10.2. The maximum atomic E-state index is 11.1. The predicted molar refractivity (Wildman–Crippen MR) is 49.3 cm³/mol. The Bertz CT molecular complexity index is 447. The van der Waals surface area contributed by atoms with Gasteiger partial charge in [-0.2, -0.15) is 0 Å². The van der Waals surface area contributed by atoms with Crippen molar-refractivity contribution < 1.29 is 18.3 Å². The molecule has 72 valence electrons. The number of hydrogen-bond donors (Lipinski definition) is 1. The number of hydrogen-bond acceptors (Lipinski definition) is 3. The molecule has 0 aliphatic heterocycles. The molecule has 0 aliphatic carbocycles. The van der Waals surface area contributed by atoms with Gasteiger partial charge in [0.15, 0.2) is 0 Å². The van der Waals surface area contributed by atoms with Crippen molar-refractivity contribution in [2.45, 2.75) is 0 Å². The number of carboxylic acids is 1. The maximum absolute atomic E-state index is 11.1. The summed E-state index contributed by atoms with van der Waals surface area (Å²) < 4.78 is 23.2. The third kappa shape index (κ3) is 2.10. The summed E-state index contributed by atoms with van der Waals surface area (Å²) in [6.07, 6.45) is 2.13. The van der Waals surface area contributed by atoms with Crippen LogP contribution in [0.2, 0.25) is 0 Å². The van der Waals surface area contributed by atoms with Crippen LogP contribution >= 0.6 is 15.9 Å². The van der Waals surface area contributed by atoms with E-state index in [-0.39, 0.29) is 5.69 Å². The lowest BCUT2D eigenvalue weighted by molar-refractivity contribution is 0.0689. The lowest BCUT2D eigenvalue weighted by atomic mass is 10.4. The van der Waals surface area contributed by atoms with E-state index in [1.807, 2.05) is 0 Å². The largest absolute Gasteiger partial charge is 0.477 e. The molecule has 0 atom stereocenters. The van der Waals surface area contributed by atoms with Crippen molar-refractivity contribution in [1.82, 2.24) is 3.97 Å². The van der Waals surface area contributed by atoms with Crippen molar-refractivity contribution in [2.75, 3.05) is 6.26 Å². The number of carbonyl (C=O) groups is 1. The number of aromatic carboxylic acids is 1. The Morgan fingerprint density at radius 1 is 1.62 bits per heavy atom. The fraction of sp³-hybridized carbons (Fsp3) is 0.167. The molecule has 0 unspecified atom stereocenters. The van der Waals surface area contributed by atoms with Crippen LogP contribution < -0.4 is 0 Å². The van der Waals surface area contributed by atoms with Gasteiger partial charge < -0.3 is 5.11 Å². The van der Waals surface area contributed by atoms with Gasteiger partial charge in [-0.3, -0.25) is 0 Å². The summed E-state index contributed by atoms with van der Waals surface area (Å²) in [6.45, 7) is 0. The summed E-state index contributed by atoms with van der Waals surface area (Å²) in [4.78, 5) is 10.6. The molecule has 7 heteroatoms. The van der Waals surface area contributed by atoms with Crippen molar-refractivity contribution in [3.05, 3.63) is 22.4 Å². The normalized spacial score (nSPS) is 11.5. The summed E-state index contributed by atoms with van der Waals surface area (Å²) in [5.74, 6) is -1.28. The van der Waals surface area contributed by atoms with E-state index >= 15 is 0 Å². The Morgan fingerprint density at radius 2 is 2.15 bits per heavy atom. The van der Waals surface area contributed by atoms with E-state index in [0.29, 0.717) is 8.45 Å². The van der Waals surface area contributed by atoms with Gasteiger partial charge in [-0.15, -0.1) is 0 Å². The molecule has 1 aromatic rings. The molecular weight excluding hydrogens is 262 g/mol. The van der Waals surface area contributed by atoms with Gasteiger partial charge in [0.1, 0.15) is 5.69 Å². The molecule has 1 heterocycles. The van der Waals surface area contributed by atoms with Crippen LogP contribution in [0.3, 0.4) is 0 Å². The molecule has 0 spiro atoms. The number of aromatic nitrogens is 1. The molecule has 0 bridgehead atoms. The van der Waals surface area contributed by atoms with Gasteiger partial charge in [-0.05, 0) is 22.0 Å². The summed E-state index contributed by atoms with van der Waals surface area (Å²) in [7, 11) is -3.55. The molecule has 0 aliphatic rings. The van der Waals surface area contributed by atoms with Crippen molar-refractivity contribution in [3.8, 4) is 0 Å². The first-order chi connectivity index (χ1) is 5.82. The summed E-state index contributed by atoms with van der Waals surface area (Å²) in [5.41, 5.74) is -0.283. The summed E-state index contributed by atoms with van der Waals surface area (Å²) in [6, 6.07) is 1.23. The van der Waals surface area contributed by atoms with Gasteiger partial charge in [-0.1, -0.05) is 0 Å². The van der Waals surface area contributed by atoms with E-state index in [0.717, 1.165) is 6.26 Å². The molecule has 0 fully saturated rings. The molecule has 1 N–H and O–H groups in total. The molecule has 0 amide bonds. The third-order valence-corrected chi connectivity index (χ3v) is 2.78. The highest BCUT2D eigenvalue weighted by Gasteiger charge is 2.17. The van der Waals surface area contributed by atoms with E-state index in [2.05, 4.69) is 15.9 Å². The molecule has 0 radical (unpaired) electrons. The van der Waals surface area contributed by atoms with Crippen molar-refractivity contribution in [2.24, 2.45) is 0 Å². The van der Waals surface area contributed by atoms with E-state index in [1.165, 1.54) is 12.3 Å². The lowest BCUT2D eigenvalue weighted by Crippen LogP contribution is -2.15. The molecule has 13 heavy (non-hydrogen) atoms. The van der Waals surface area contributed by atoms with Crippen LogP contribution in [-0.2, 0) is 10.0 Å². The average Bonchev–Trinajstić information content (AvgIpc) is 2.29. The first kappa shape index (κ1) is 10.3. The lowest BCUT2D eigenvalue weighted by Gasteiger charge is -2.00. The Balaban J connectivity index is 3.46. The quantitative estimate of drug-likeness (QED) is 0.858. The summed E-state index contributed by atoms with van der Waals surface area (Å²) in [5, 5.41) is 8.64. The summed E-state index contributed by atoms with van der Waals surface area (Å²) >= 11 is 3.00. The smallest absolute Gasteiger partial charge is 0.353 e. The Labute approximate surface area is 83.2 Å². The number of carboxylic acid groups (broad SMARTS) is 1. The molecule has 1 aromatic heterocycles. The second kappa shape index (κ2) is 3.15. The highest BCUT2D eigenvalue weighted by molar-refractivity contribution is 9.10. The first-order valence-corrected chi connectivity index (χ1v) is 5.78. The average molecular weight is 268 g/mol. The van der Waals surface area contributed by atoms with Gasteiger partial charge in [0.05, 0.1) is 6.26 Å². The SMILES string of the molecule is CS(=O)(=O)n1cc(Br)cc1C(=O)O. The van der Waals surface area contributed by atoms with Crippen LogP contribution in [-0.4, -0.2) is 29.7 Å². The standard InChI is InChI=1S/C6H6BrNO4S/c1-13(11,12)8-3-4(7)2-5(8)6(9)10/h2-3H,1H3,(H,9,10). The number of rotatable bonds is 2. The van der Waals surface area contributed by atoms with Crippen molar-refractivity contribution >= 4 is 31.9 Å². The Morgan fingerprint density at radius 3 is 2.46 bits per heavy atom.